The second-order valence-corrected chi connectivity index (χ2v) is 7.13. The lowest BCUT2D eigenvalue weighted by atomic mass is 10.1. The van der Waals surface area contributed by atoms with Crippen LogP contribution in [0.1, 0.15) is 16.7 Å². The number of imide groups is 1. The van der Waals surface area contributed by atoms with E-state index in [2.05, 4.69) is 0 Å². The Morgan fingerprint density at radius 1 is 1.04 bits per heavy atom. The molecule has 1 fully saturated rings. The molecule has 0 spiro atoms. The van der Waals surface area contributed by atoms with Crippen molar-refractivity contribution in [1.29, 1.82) is 0 Å². The second-order valence-electron chi connectivity index (χ2n) is 6.13. The van der Waals surface area contributed by atoms with Gasteiger partial charge in [0.1, 0.15) is 0 Å². The predicted molar refractivity (Wildman–Crippen MR) is 107 cm³/mol. The highest BCUT2D eigenvalue weighted by Gasteiger charge is 2.34. The van der Waals surface area contributed by atoms with Gasteiger partial charge in [0.25, 0.3) is 11.1 Å². The molecule has 3 rings (SSSR count). The molecule has 2 aromatic rings. The fourth-order valence-corrected chi connectivity index (χ4v) is 3.73. The number of aryl methyl sites for hydroxylation is 1. The third kappa shape index (κ3) is 4.17. The number of methoxy groups -OCH3 is 2. The Morgan fingerprint density at radius 2 is 1.70 bits per heavy atom. The Hall–Kier alpha value is -2.73. The van der Waals surface area contributed by atoms with E-state index in [0.29, 0.717) is 29.4 Å². The van der Waals surface area contributed by atoms with Crippen LogP contribution in [0.15, 0.2) is 47.4 Å². The standard InChI is InChI=1S/C21H21NO4S/c1-14-11-17(25-2)18(26-3)12-16(14)13-19-20(23)22(21(24)27-19)10-9-15-7-5-4-6-8-15/h4-8,11-13H,9-10H2,1-3H3/b19-13-. The Kier molecular flexibility index (Phi) is 5.86. The molecule has 27 heavy (non-hydrogen) atoms. The first-order chi connectivity index (χ1) is 13.0. The molecule has 0 N–H and O–H groups in total. The van der Waals surface area contributed by atoms with E-state index in [9.17, 15) is 9.59 Å². The number of hydrogen-bond acceptors (Lipinski definition) is 5. The van der Waals surface area contributed by atoms with Crippen molar-refractivity contribution in [3.8, 4) is 11.5 Å². The minimum Gasteiger partial charge on any atom is -0.493 e. The summed E-state index contributed by atoms with van der Waals surface area (Å²) in [6.07, 6.45) is 2.38. The highest BCUT2D eigenvalue weighted by Crippen LogP contribution is 2.36. The largest absolute Gasteiger partial charge is 0.493 e. The number of rotatable bonds is 6. The maximum Gasteiger partial charge on any atom is 0.293 e. The molecule has 1 heterocycles. The van der Waals surface area contributed by atoms with Gasteiger partial charge in [-0.2, -0.15) is 0 Å². The molecule has 2 aromatic carbocycles. The summed E-state index contributed by atoms with van der Waals surface area (Å²) in [5.41, 5.74) is 2.85. The molecule has 140 valence electrons. The van der Waals surface area contributed by atoms with Crippen LogP contribution in [0.5, 0.6) is 11.5 Å². The van der Waals surface area contributed by atoms with Gasteiger partial charge < -0.3 is 9.47 Å². The van der Waals surface area contributed by atoms with Gasteiger partial charge in [0.15, 0.2) is 11.5 Å². The molecule has 1 saturated heterocycles. The van der Waals surface area contributed by atoms with Crippen molar-refractivity contribution in [1.82, 2.24) is 4.90 Å². The van der Waals surface area contributed by atoms with Crippen LogP contribution in [0.2, 0.25) is 0 Å². The number of hydrogen-bond donors (Lipinski definition) is 0. The lowest BCUT2D eigenvalue weighted by Crippen LogP contribution is -2.30. The molecule has 0 atom stereocenters. The SMILES string of the molecule is COc1cc(C)c(/C=C2\SC(=O)N(CCc3ccccc3)C2=O)cc1OC. The van der Waals surface area contributed by atoms with Crippen molar-refractivity contribution in [2.24, 2.45) is 0 Å². The van der Waals surface area contributed by atoms with E-state index in [1.807, 2.05) is 49.4 Å². The zero-order valence-electron chi connectivity index (χ0n) is 15.5. The highest BCUT2D eigenvalue weighted by molar-refractivity contribution is 8.18. The molecule has 0 bridgehead atoms. The monoisotopic (exact) mass is 383 g/mol. The smallest absolute Gasteiger partial charge is 0.293 e. The van der Waals surface area contributed by atoms with Gasteiger partial charge in [0.2, 0.25) is 0 Å². The van der Waals surface area contributed by atoms with Crippen molar-refractivity contribution in [2.45, 2.75) is 13.3 Å². The molecule has 1 aliphatic rings. The van der Waals surface area contributed by atoms with Crippen molar-refractivity contribution >= 4 is 29.0 Å². The molecular formula is C21H21NO4S. The molecule has 6 heteroatoms. The quantitative estimate of drug-likeness (QED) is 0.697. The zero-order chi connectivity index (χ0) is 19.4. The highest BCUT2D eigenvalue weighted by atomic mass is 32.2. The summed E-state index contributed by atoms with van der Waals surface area (Å²) < 4.78 is 10.6. The molecule has 0 saturated carbocycles. The molecule has 0 aliphatic carbocycles. The summed E-state index contributed by atoms with van der Waals surface area (Å²) in [6.45, 7) is 2.30. The number of benzene rings is 2. The van der Waals surface area contributed by atoms with Gasteiger partial charge in [-0.3, -0.25) is 14.5 Å². The molecule has 1 aliphatic heterocycles. The fraction of sp³-hybridized carbons (Fsp3) is 0.238. The Labute approximate surface area is 163 Å². The molecule has 5 nitrogen and oxygen atoms in total. The number of ether oxygens (including phenoxy) is 2. The number of thioether (sulfide) groups is 1. The van der Waals surface area contributed by atoms with E-state index in [1.165, 1.54) is 4.90 Å². The van der Waals surface area contributed by atoms with Gasteiger partial charge in [-0.25, -0.2) is 0 Å². The average molecular weight is 383 g/mol. The van der Waals surface area contributed by atoms with Crippen LogP contribution in [-0.2, 0) is 11.2 Å². The van der Waals surface area contributed by atoms with Gasteiger partial charge in [-0.05, 0) is 60.0 Å². The number of carbonyl (C=O) groups is 2. The number of carbonyl (C=O) groups excluding carboxylic acids is 2. The molecule has 0 radical (unpaired) electrons. The maximum atomic E-state index is 12.7. The summed E-state index contributed by atoms with van der Waals surface area (Å²) in [5, 5.41) is -0.236. The van der Waals surface area contributed by atoms with Crippen LogP contribution in [0, 0.1) is 6.92 Å². The topological polar surface area (TPSA) is 55.8 Å². The summed E-state index contributed by atoms with van der Waals surface area (Å²) in [4.78, 5) is 26.7. The average Bonchev–Trinajstić information content (AvgIpc) is 2.95. The van der Waals surface area contributed by atoms with Crippen molar-refractivity contribution in [2.75, 3.05) is 20.8 Å². The van der Waals surface area contributed by atoms with Crippen LogP contribution in [0.3, 0.4) is 0 Å². The maximum absolute atomic E-state index is 12.7. The van der Waals surface area contributed by atoms with E-state index in [0.717, 1.165) is 28.5 Å². The van der Waals surface area contributed by atoms with E-state index in [-0.39, 0.29) is 11.1 Å². The third-order valence-electron chi connectivity index (χ3n) is 4.40. The van der Waals surface area contributed by atoms with Gasteiger partial charge in [0.05, 0.1) is 19.1 Å². The second kappa shape index (κ2) is 8.31. The van der Waals surface area contributed by atoms with Crippen LogP contribution in [-0.4, -0.2) is 36.8 Å². The van der Waals surface area contributed by atoms with Crippen LogP contribution in [0.25, 0.3) is 6.08 Å². The van der Waals surface area contributed by atoms with Crippen molar-refractivity contribution in [3.63, 3.8) is 0 Å². The normalized spacial score (nSPS) is 15.5. The van der Waals surface area contributed by atoms with Gasteiger partial charge >= 0.3 is 0 Å². The summed E-state index contributed by atoms with van der Waals surface area (Å²) in [6, 6.07) is 13.5. The van der Waals surface area contributed by atoms with Crippen LogP contribution >= 0.6 is 11.8 Å². The Bertz CT molecular complexity index is 893. The predicted octanol–water partition coefficient (Wildman–Crippen LogP) is 4.29. The molecule has 0 unspecified atom stereocenters. The van der Waals surface area contributed by atoms with Crippen molar-refractivity contribution in [3.05, 3.63) is 64.1 Å². The molecule has 2 amide bonds. The Morgan fingerprint density at radius 3 is 2.37 bits per heavy atom. The summed E-state index contributed by atoms with van der Waals surface area (Å²) >= 11 is 0.970. The lowest BCUT2D eigenvalue weighted by Gasteiger charge is -2.12. The van der Waals surface area contributed by atoms with E-state index in [1.54, 1.807) is 20.3 Å². The zero-order valence-corrected chi connectivity index (χ0v) is 16.3. The summed E-state index contributed by atoms with van der Waals surface area (Å²) in [5.74, 6) is 0.955. The first-order valence-electron chi connectivity index (χ1n) is 8.55. The number of nitrogens with zero attached hydrogens (tertiary/aromatic N) is 1. The van der Waals surface area contributed by atoms with Gasteiger partial charge in [-0.15, -0.1) is 0 Å². The van der Waals surface area contributed by atoms with E-state index in [4.69, 9.17) is 9.47 Å². The minimum absolute atomic E-state index is 0.236. The number of amides is 2. The lowest BCUT2D eigenvalue weighted by molar-refractivity contribution is -0.122. The van der Waals surface area contributed by atoms with Crippen LogP contribution in [0.4, 0.5) is 4.79 Å². The first-order valence-corrected chi connectivity index (χ1v) is 9.37. The minimum atomic E-state index is -0.255. The van der Waals surface area contributed by atoms with Gasteiger partial charge in [-0.1, -0.05) is 30.3 Å². The van der Waals surface area contributed by atoms with Gasteiger partial charge in [0, 0.05) is 6.54 Å². The molecular weight excluding hydrogens is 362 g/mol. The van der Waals surface area contributed by atoms with Crippen molar-refractivity contribution < 1.29 is 19.1 Å². The first kappa shape index (κ1) is 19.0. The van der Waals surface area contributed by atoms with E-state index >= 15 is 0 Å². The van der Waals surface area contributed by atoms with Crippen LogP contribution < -0.4 is 9.47 Å². The third-order valence-corrected chi connectivity index (χ3v) is 5.31. The Balaban J connectivity index is 1.80. The molecule has 0 aromatic heterocycles. The fourth-order valence-electron chi connectivity index (χ4n) is 2.87. The van der Waals surface area contributed by atoms with E-state index < -0.39 is 0 Å². The summed E-state index contributed by atoms with van der Waals surface area (Å²) in [7, 11) is 3.14.